The number of carbonyl (C=O) groups excluding carboxylic acids is 1. The first-order chi connectivity index (χ1) is 8.21. The van der Waals surface area contributed by atoms with Crippen LogP contribution < -0.4 is 0 Å². The molecular weight excluding hydrogens is 268 g/mol. The van der Waals surface area contributed by atoms with Gasteiger partial charge in [0, 0.05) is 5.75 Å². The quantitative estimate of drug-likeness (QED) is 0.850. The Hall–Kier alpha value is -0.670. The molecule has 0 fully saturated rings. The lowest BCUT2D eigenvalue weighted by atomic mass is 9.84. The molecule has 1 aromatic carbocycles. The van der Waals surface area contributed by atoms with Gasteiger partial charge in [-0.15, -0.1) is 11.8 Å². The minimum Gasteiger partial charge on any atom is -0.507 e. The van der Waals surface area contributed by atoms with Gasteiger partial charge in [0.25, 0.3) is 0 Å². The van der Waals surface area contributed by atoms with E-state index in [1.54, 1.807) is 0 Å². The molecule has 100 valence electrons. The Bertz CT molecular complexity index is 450. The van der Waals surface area contributed by atoms with Crippen LogP contribution in [0.5, 0.6) is 5.75 Å². The van der Waals surface area contributed by atoms with E-state index in [0.717, 1.165) is 22.4 Å². The lowest BCUT2D eigenvalue weighted by Gasteiger charge is -2.22. The first-order valence-corrected chi connectivity index (χ1v) is 7.34. The molecule has 4 heteroatoms. The van der Waals surface area contributed by atoms with Gasteiger partial charge in [-0.25, -0.2) is 0 Å². The number of benzene rings is 1. The Morgan fingerprint density at radius 1 is 1.39 bits per heavy atom. The highest BCUT2D eigenvalue weighted by molar-refractivity contribution is 7.99. The Kier molecular flexibility index (Phi) is 5.11. The van der Waals surface area contributed by atoms with E-state index in [-0.39, 0.29) is 10.7 Å². The highest BCUT2D eigenvalue weighted by atomic mass is 35.5. The summed E-state index contributed by atoms with van der Waals surface area (Å²) >= 11 is 6.79. The number of hydrogen-bond donors (Lipinski definition) is 1. The fourth-order valence-electron chi connectivity index (χ4n) is 1.76. The van der Waals surface area contributed by atoms with Crippen LogP contribution >= 0.6 is 23.4 Å². The van der Waals surface area contributed by atoms with Crippen LogP contribution in [0.1, 0.15) is 37.5 Å². The van der Waals surface area contributed by atoms with E-state index in [4.69, 9.17) is 11.6 Å². The van der Waals surface area contributed by atoms with Crippen molar-refractivity contribution in [3.05, 3.63) is 28.8 Å². The van der Waals surface area contributed by atoms with Crippen molar-refractivity contribution in [2.24, 2.45) is 0 Å². The SMILES string of the molecule is Cc1cc(CSCC(=O)Cl)cc(C(C)(C)C)c1O. The van der Waals surface area contributed by atoms with Crippen LogP contribution in [0.3, 0.4) is 0 Å². The zero-order valence-corrected chi connectivity index (χ0v) is 12.8. The van der Waals surface area contributed by atoms with Gasteiger partial charge in [-0.2, -0.15) is 0 Å². The second-order valence-corrected chi connectivity index (χ2v) is 6.81. The average molecular weight is 287 g/mol. The monoisotopic (exact) mass is 286 g/mol. The summed E-state index contributed by atoms with van der Waals surface area (Å²) in [4.78, 5) is 10.7. The number of rotatable bonds is 4. The van der Waals surface area contributed by atoms with Crippen molar-refractivity contribution < 1.29 is 9.90 Å². The maximum absolute atomic E-state index is 10.7. The van der Waals surface area contributed by atoms with Crippen LogP contribution in [-0.2, 0) is 16.0 Å². The largest absolute Gasteiger partial charge is 0.507 e. The molecule has 0 amide bonds. The van der Waals surface area contributed by atoms with Crippen molar-refractivity contribution in [3.8, 4) is 5.75 Å². The van der Waals surface area contributed by atoms with Gasteiger partial charge in [0.2, 0.25) is 5.24 Å². The molecule has 0 radical (unpaired) electrons. The van der Waals surface area contributed by atoms with Gasteiger partial charge in [-0.3, -0.25) is 4.79 Å². The minimum absolute atomic E-state index is 0.0994. The van der Waals surface area contributed by atoms with E-state index < -0.39 is 0 Å². The fraction of sp³-hybridized carbons (Fsp3) is 0.500. The van der Waals surface area contributed by atoms with Crippen molar-refractivity contribution in [2.45, 2.75) is 38.9 Å². The summed E-state index contributed by atoms with van der Waals surface area (Å²) in [6.45, 7) is 8.10. The van der Waals surface area contributed by atoms with Gasteiger partial charge < -0.3 is 5.11 Å². The third-order valence-corrected chi connectivity index (χ3v) is 3.95. The average Bonchev–Trinajstić information content (AvgIpc) is 2.20. The molecule has 0 unspecified atom stereocenters. The Balaban J connectivity index is 2.95. The highest BCUT2D eigenvalue weighted by Gasteiger charge is 2.20. The molecular formula is C14H19ClO2S. The topological polar surface area (TPSA) is 37.3 Å². The maximum Gasteiger partial charge on any atom is 0.231 e. The number of phenols is 1. The molecule has 18 heavy (non-hydrogen) atoms. The molecule has 0 aliphatic heterocycles. The molecule has 1 aromatic rings. The number of carbonyl (C=O) groups is 1. The zero-order chi connectivity index (χ0) is 13.9. The summed E-state index contributed by atoms with van der Waals surface area (Å²) in [5.41, 5.74) is 2.82. The third-order valence-electron chi connectivity index (χ3n) is 2.65. The Labute approximate surface area is 118 Å². The number of hydrogen-bond acceptors (Lipinski definition) is 3. The lowest BCUT2D eigenvalue weighted by Crippen LogP contribution is -2.12. The minimum atomic E-state index is -0.327. The van der Waals surface area contributed by atoms with E-state index in [9.17, 15) is 9.90 Å². The highest BCUT2D eigenvalue weighted by Crippen LogP contribution is 2.34. The van der Waals surface area contributed by atoms with Crippen LogP contribution in [0.4, 0.5) is 0 Å². The Morgan fingerprint density at radius 3 is 2.50 bits per heavy atom. The van der Waals surface area contributed by atoms with Crippen LogP contribution in [0.15, 0.2) is 12.1 Å². The molecule has 1 N–H and O–H groups in total. The number of aromatic hydroxyl groups is 1. The molecule has 0 aliphatic rings. The number of phenolic OH excluding ortho intramolecular Hbond substituents is 1. The maximum atomic E-state index is 10.7. The van der Waals surface area contributed by atoms with Gasteiger partial charge in [0.15, 0.2) is 0 Å². The molecule has 0 spiro atoms. The van der Waals surface area contributed by atoms with Crippen molar-refractivity contribution in [1.29, 1.82) is 0 Å². The molecule has 0 saturated heterocycles. The van der Waals surface area contributed by atoms with Gasteiger partial charge in [0.05, 0.1) is 5.75 Å². The van der Waals surface area contributed by atoms with Crippen LogP contribution in [0.2, 0.25) is 0 Å². The number of halogens is 1. The molecule has 0 heterocycles. The molecule has 0 atom stereocenters. The van der Waals surface area contributed by atoms with Crippen molar-refractivity contribution in [2.75, 3.05) is 5.75 Å². The summed E-state index contributed by atoms with van der Waals surface area (Å²) in [7, 11) is 0. The van der Waals surface area contributed by atoms with Gasteiger partial charge >= 0.3 is 0 Å². The molecule has 0 saturated carbocycles. The predicted molar refractivity (Wildman–Crippen MR) is 78.6 cm³/mol. The van der Waals surface area contributed by atoms with Crippen molar-refractivity contribution in [1.82, 2.24) is 0 Å². The van der Waals surface area contributed by atoms with Gasteiger partial charge in [-0.05, 0) is 40.6 Å². The fourth-order valence-corrected chi connectivity index (χ4v) is 2.65. The Morgan fingerprint density at radius 2 is 2.00 bits per heavy atom. The van der Waals surface area contributed by atoms with E-state index >= 15 is 0 Å². The number of thioether (sulfide) groups is 1. The van der Waals surface area contributed by atoms with Crippen LogP contribution in [0, 0.1) is 6.92 Å². The molecule has 0 aromatic heterocycles. The van der Waals surface area contributed by atoms with Crippen LogP contribution in [-0.4, -0.2) is 16.1 Å². The number of aryl methyl sites for hydroxylation is 1. The van der Waals surface area contributed by atoms with E-state index in [1.807, 2.05) is 19.1 Å². The smallest absolute Gasteiger partial charge is 0.231 e. The molecule has 0 aliphatic carbocycles. The van der Waals surface area contributed by atoms with Crippen LogP contribution in [0.25, 0.3) is 0 Å². The third kappa shape index (κ3) is 4.21. The molecule has 2 nitrogen and oxygen atoms in total. The van der Waals surface area contributed by atoms with Gasteiger partial charge in [0.1, 0.15) is 5.75 Å². The summed E-state index contributed by atoms with van der Waals surface area (Å²) in [5, 5.41) is 9.76. The molecule has 0 bridgehead atoms. The first kappa shape index (κ1) is 15.4. The molecule has 1 rings (SSSR count). The second-order valence-electron chi connectivity index (χ2n) is 5.41. The normalized spacial score (nSPS) is 11.6. The summed E-state index contributed by atoms with van der Waals surface area (Å²) < 4.78 is 0. The van der Waals surface area contributed by atoms with Crippen molar-refractivity contribution >= 4 is 28.6 Å². The van der Waals surface area contributed by atoms with E-state index in [0.29, 0.717) is 11.5 Å². The van der Waals surface area contributed by atoms with E-state index in [2.05, 4.69) is 20.8 Å². The lowest BCUT2D eigenvalue weighted by molar-refractivity contribution is -0.109. The van der Waals surface area contributed by atoms with E-state index in [1.165, 1.54) is 11.8 Å². The summed E-state index contributed by atoms with van der Waals surface area (Å²) in [6.07, 6.45) is 0. The standard InChI is InChI=1S/C14H19ClO2S/c1-9-5-10(7-18-8-12(15)16)6-11(13(9)17)14(2,3)4/h5-6,17H,7-8H2,1-4H3. The van der Waals surface area contributed by atoms with Crippen molar-refractivity contribution in [3.63, 3.8) is 0 Å². The summed E-state index contributed by atoms with van der Waals surface area (Å²) in [5.74, 6) is 1.40. The van der Waals surface area contributed by atoms with Gasteiger partial charge in [-0.1, -0.05) is 32.9 Å². The predicted octanol–water partition coefficient (Wildman–Crippen LogP) is 4.00. The summed E-state index contributed by atoms with van der Waals surface area (Å²) in [6, 6.07) is 3.96. The first-order valence-electron chi connectivity index (χ1n) is 5.81. The second kappa shape index (κ2) is 5.98. The zero-order valence-electron chi connectivity index (χ0n) is 11.2.